The highest BCUT2D eigenvalue weighted by Gasteiger charge is 2.18. The number of hydrogen-bond acceptors (Lipinski definition) is 4. The molecule has 5 nitrogen and oxygen atoms in total. The topological polar surface area (TPSA) is 59.8 Å². The van der Waals surface area contributed by atoms with Gasteiger partial charge in [0.1, 0.15) is 21.7 Å². The van der Waals surface area contributed by atoms with Gasteiger partial charge < -0.3 is 5.32 Å². The van der Waals surface area contributed by atoms with Gasteiger partial charge in [-0.05, 0) is 36.8 Å². The van der Waals surface area contributed by atoms with Crippen molar-refractivity contribution < 1.29 is 9.18 Å². The van der Waals surface area contributed by atoms with Crippen LogP contribution >= 0.6 is 23.4 Å². The summed E-state index contributed by atoms with van der Waals surface area (Å²) in [7, 11) is 1.52. The minimum atomic E-state index is -0.423. The lowest BCUT2D eigenvalue weighted by molar-refractivity contribution is 0.0957. The molecule has 0 saturated carbocycles. The molecule has 0 aliphatic heterocycles. The van der Waals surface area contributed by atoms with Gasteiger partial charge in [0, 0.05) is 24.2 Å². The summed E-state index contributed by atoms with van der Waals surface area (Å²) in [6.45, 7) is 1.86. The van der Waals surface area contributed by atoms with Gasteiger partial charge in [-0.25, -0.2) is 14.1 Å². The molecule has 0 aliphatic rings. The molecule has 25 heavy (non-hydrogen) atoms. The smallest absolute Gasteiger partial charge is 0.271 e. The van der Waals surface area contributed by atoms with Crippen LogP contribution in [0.5, 0.6) is 0 Å². The number of halogens is 2. The molecule has 8 heteroatoms. The molecule has 1 N–H and O–H groups in total. The first-order valence-corrected chi connectivity index (χ1v) is 8.55. The maximum absolute atomic E-state index is 14.3. The molecule has 0 bridgehead atoms. The molecule has 2 aromatic heterocycles. The molecule has 3 aromatic rings. The Morgan fingerprint density at radius 2 is 2.08 bits per heavy atom. The molecule has 0 atom stereocenters. The molecule has 0 radical (unpaired) electrons. The van der Waals surface area contributed by atoms with Crippen LogP contribution in [0.3, 0.4) is 0 Å². The minimum absolute atomic E-state index is 0.202. The highest BCUT2D eigenvalue weighted by atomic mass is 35.5. The molecular weight excluding hydrogens is 363 g/mol. The number of aryl methyl sites for hydroxylation is 1. The zero-order chi connectivity index (χ0) is 18.0. The second-order valence-electron chi connectivity index (χ2n) is 5.23. The van der Waals surface area contributed by atoms with Crippen molar-refractivity contribution >= 4 is 29.3 Å². The first-order valence-electron chi connectivity index (χ1n) is 7.36. The quantitative estimate of drug-likeness (QED) is 0.702. The summed E-state index contributed by atoms with van der Waals surface area (Å²) < 4.78 is 15.7. The Morgan fingerprint density at radius 3 is 2.76 bits per heavy atom. The number of hydrogen-bond donors (Lipinski definition) is 1. The molecule has 0 saturated heterocycles. The van der Waals surface area contributed by atoms with Gasteiger partial charge in [-0.1, -0.05) is 29.4 Å². The van der Waals surface area contributed by atoms with Crippen molar-refractivity contribution in [2.24, 2.45) is 0 Å². The number of aromatic nitrogens is 3. The van der Waals surface area contributed by atoms with E-state index >= 15 is 0 Å². The molecule has 0 spiro atoms. The van der Waals surface area contributed by atoms with Crippen molar-refractivity contribution in [3.8, 4) is 5.69 Å². The van der Waals surface area contributed by atoms with E-state index in [0.29, 0.717) is 10.2 Å². The fourth-order valence-corrected chi connectivity index (χ4v) is 3.17. The van der Waals surface area contributed by atoms with E-state index in [1.807, 2.05) is 6.92 Å². The van der Waals surface area contributed by atoms with E-state index in [1.54, 1.807) is 36.5 Å². The number of benzene rings is 1. The molecule has 0 unspecified atom stereocenters. The standard InChI is InChI=1S/C17H14ClFN4OS/c1-10-3-5-12(19)14(7-10)23-16(8-13(22-23)17(24)20-2)25-11-4-6-15(18)21-9-11/h3-9H,1-2H3,(H,20,24). The lowest BCUT2D eigenvalue weighted by Crippen LogP contribution is -2.18. The molecule has 1 aromatic carbocycles. The monoisotopic (exact) mass is 376 g/mol. The Morgan fingerprint density at radius 1 is 1.28 bits per heavy atom. The summed E-state index contributed by atoms with van der Waals surface area (Å²) >= 11 is 7.12. The van der Waals surface area contributed by atoms with E-state index in [0.717, 1.165) is 10.5 Å². The normalized spacial score (nSPS) is 10.7. The van der Waals surface area contributed by atoms with E-state index in [-0.39, 0.29) is 17.3 Å². The third kappa shape index (κ3) is 3.83. The average molecular weight is 377 g/mol. The molecule has 0 aliphatic carbocycles. The van der Waals surface area contributed by atoms with Crippen molar-refractivity contribution in [1.82, 2.24) is 20.1 Å². The van der Waals surface area contributed by atoms with Crippen molar-refractivity contribution in [3.05, 3.63) is 64.8 Å². The number of pyridine rings is 1. The zero-order valence-corrected chi connectivity index (χ0v) is 15.0. The van der Waals surface area contributed by atoms with Crippen molar-refractivity contribution in [2.45, 2.75) is 16.8 Å². The third-order valence-corrected chi connectivity index (χ3v) is 4.59. The van der Waals surface area contributed by atoms with Gasteiger partial charge in [-0.3, -0.25) is 4.79 Å². The van der Waals surface area contributed by atoms with E-state index < -0.39 is 5.82 Å². The van der Waals surface area contributed by atoms with E-state index in [2.05, 4.69) is 15.4 Å². The SMILES string of the molecule is CNC(=O)c1cc(Sc2ccc(Cl)nc2)n(-c2cc(C)ccc2F)n1. The van der Waals surface area contributed by atoms with Crippen molar-refractivity contribution in [1.29, 1.82) is 0 Å². The van der Waals surface area contributed by atoms with Gasteiger partial charge in [0.25, 0.3) is 5.91 Å². The molecular formula is C17H14ClFN4OS. The van der Waals surface area contributed by atoms with Gasteiger partial charge >= 0.3 is 0 Å². The fourth-order valence-electron chi connectivity index (χ4n) is 2.18. The Balaban J connectivity index is 2.09. The van der Waals surface area contributed by atoms with Gasteiger partial charge in [0.2, 0.25) is 0 Å². The number of nitrogens with one attached hydrogen (secondary N) is 1. The van der Waals surface area contributed by atoms with Gasteiger partial charge in [0.05, 0.1) is 0 Å². The number of amides is 1. The summed E-state index contributed by atoms with van der Waals surface area (Å²) in [4.78, 5) is 16.8. The number of rotatable bonds is 4. The lowest BCUT2D eigenvalue weighted by atomic mass is 10.2. The number of nitrogens with zero attached hydrogens (tertiary/aromatic N) is 3. The Hall–Kier alpha value is -2.38. The summed E-state index contributed by atoms with van der Waals surface area (Å²) in [6.07, 6.45) is 1.61. The lowest BCUT2D eigenvalue weighted by Gasteiger charge is -2.09. The van der Waals surface area contributed by atoms with Crippen LogP contribution in [-0.4, -0.2) is 27.7 Å². The summed E-state index contributed by atoms with van der Waals surface area (Å²) in [5.74, 6) is -0.767. The van der Waals surface area contributed by atoms with Crippen LogP contribution in [0, 0.1) is 12.7 Å². The van der Waals surface area contributed by atoms with E-state index in [1.165, 1.54) is 29.6 Å². The minimum Gasteiger partial charge on any atom is -0.354 e. The summed E-state index contributed by atoms with van der Waals surface area (Å²) in [5.41, 5.74) is 1.37. The number of carbonyl (C=O) groups excluding carboxylic acids is 1. The maximum atomic E-state index is 14.3. The van der Waals surface area contributed by atoms with Crippen molar-refractivity contribution in [2.75, 3.05) is 7.05 Å². The first kappa shape index (κ1) is 17.4. The second kappa shape index (κ2) is 7.25. The predicted molar refractivity (Wildman–Crippen MR) is 95.0 cm³/mol. The Bertz CT molecular complexity index is 927. The summed E-state index contributed by atoms with van der Waals surface area (Å²) in [5, 5.41) is 7.76. The van der Waals surface area contributed by atoms with E-state index in [9.17, 15) is 9.18 Å². The molecule has 2 heterocycles. The molecule has 128 valence electrons. The maximum Gasteiger partial charge on any atom is 0.271 e. The van der Waals surface area contributed by atoms with Gasteiger partial charge in [-0.15, -0.1) is 0 Å². The zero-order valence-electron chi connectivity index (χ0n) is 13.5. The highest BCUT2D eigenvalue weighted by Crippen LogP contribution is 2.31. The largest absolute Gasteiger partial charge is 0.354 e. The van der Waals surface area contributed by atoms with Crippen LogP contribution in [0.25, 0.3) is 5.69 Å². The first-order chi connectivity index (χ1) is 12.0. The highest BCUT2D eigenvalue weighted by molar-refractivity contribution is 7.99. The third-order valence-electron chi connectivity index (χ3n) is 3.39. The summed E-state index contributed by atoms with van der Waals surface area (Å²) in [6, 6.07) is 9.81. The van der Waals surface area contributed by atoms with Crippen LogP contribution < -0.4 is 5.32 Å². The second-order valence-corrected chi connectivity index (χ2v) is 6.71. The van der Waals surface area contributed by atoms with Crippen LogP contribution in [0.15, 0.2) is 52.5 Å². The Labute approximate surface area is 153 Å². The molecule has 3 rings (SSSR count). The average Bonchev–Trinajstić information content (AvgIpc) is 3.02. The molecule has 1 amide bonds. The Kier molecular flexibility index (Phi) is 5.06. The van der Waals surface area contributed by atoms with Crippen LogP contribution in [0.4, 0.5) is 4.39 Å². The van der Waals surface area contributed by atoms with Crippen molar-refractivity contribution in [3.63, 3.8) is 0 Å². The van der Waals surface area contributed by atoms with Crippen LogP contribution in [0.1, 0.15) is 16.1 Å². The molecule has 0 fully saturated rings. The van der Waals surface area contributed by atoms with Crippen LogP contribution in [0.2, 0.25) is 5.15 Å². The number of carbonyl (C=O) groups is 1. The van der Waals surface area contributed by atoms with Crippen LogP contribution in [-0.2, 0) is 0 Å². The predicted octanol–water partition coefficient (Wildman–Crippen LogP) is 3.88. The van der Waals surface area contributed by atoms with Gasteiger partial charge in [0.15, 0.2) is 5.69 Å². The fraction of sp³-hybridized carbons (Fsp3) is 0.118. The van der Waals surface area contributed by atoms with Gasteiger partial charge in [-0.2, -0.15) is 5.10 Å². The van der Waals surface area contributed by atoms with E-state index in [4.69, 9.17) is 11.6 Å².